The molecule has 26 heavy (non-hydrogen) atoms. The Morgan fingerprint density at radius 3 is 2.54 bits per heavy atom. The topological polar surface area (TPSA) is 89.2 Å². The molecule has 6 nitrogen and oxygen atoms in total. The average molecular weight is 372 g/mol. The molecule has 7 heteroatoms. The van der Waals surface area contributed by atoms with E-state index in [9.17, 15) is 9.59 Å². The number of hydrogen-bond acceptors (Lipinski definition) is 5. The number of hydrogen-bond donors (Lipinski definition) is 1. The number of nitrogens with two attached hydrogens (primary N) is 1. The Kier molecular flexibility index (Phi) is 4.22. The summed E-state index contributed by atoms with van der Waals surface area (Å²) in [6.07, 6.45) is 3.86. The lowest BCUT2D eigenvalue weighted by Crippen LogP contribution is -2.48. The summed E-state index contributed by atoms with van der Waals surface area (Å²) in [5.41, 5.74) is 7.38. The van der Waals surface area contributed by atoms with Crippen molar-refractivity contribution in [2.24, 2.45) is 11.7 Å². The van der Waals surface area contributed by atoms with Gasteiger partial charge in [0.15, 0.2) is 0 Å². The highest BCUT2D eigenvalue weighted by molar-refractivity contribution is 7.20. The van der Waals surface area contributed by atoms with Crippen LogP contribution in [0, 0.1) is 19.8 Å². The van der Waals surface area contributed by atoms with Crippen molar-refractivity contribution in [2.75, 3.05) is 6.54 Å². The van der Waals surface area contributed by atoms with Crippen molar-refractivity contribution in [3.63, 3.8) is 0 Å². The van der Waals surface area contributed by atoms with Crippen LogP contribution in [-0.4, -0.2) is 39.3 Å². The first-order valence-corrected chi connectivity index (χ1v) is 10.1. The molecule has 4 rings (SSSR count). The van der Waals surface area contributed by atoms with Gasteiger partial charge < -0.3 is 10.6 Å². The lowest BCUT2D eigenvalue weighted by atomic mass is 9.92. The first-order valence-electron chi connectivity index (χ1n) is 9.24. The van der Waals surface area contributed by atoms with Crippen LogP contribution in [0.2, 0.25) is 0 Å². The molecule has 3 heterocycles. The molecule has 0 bridgehead atoms. The largest absolute Gasteiger partial charge is 0.369 e. The van der Waals surface area contributed by atoms with Gasteiger partial charge in [-0.3, -0.25) is 9.59 Å². The third-order valence-corrected chi connectivity index (χ3v) is 6.84. The standard InChI is InChI=1S/C19H24N4O2S/c1-9-4-5-13(16(20)24)8-23(9)19(25)15-10(2)14-11(3)21-17(12-6-7-12)22-18(14)26-15/h9,12-13H,4-8H2,1-3H3,(H2,20,24). The Hall–Kier alpha value is -2.02. The van der Waals surface area contributed by atoms with Crippen LogP contribution >= 0.6 is 11.3 Å². The molecular weight excluding hydrogens is 348 g/mol. The molecule has 138 valence electrons. The van der Waals surface area contributed by atoms with E-state index in [-0.39, 0.29) is 23.8 Å². The first kappa shape index (κ1) is 17.4. The van der Waals surface area contributed by atoms with E-state index in [1.165, 1.54) is 11.3 Å². The van der Waals surface area contributed by atoms with Crippen LogP contribution < -0.4 is 5.73 Å². The predicted octanol–water partition coefficient (Wildman–Crippen LogP) is 2.91. The van der Waals surface area contributed by atoms with Gasteiger partial charge in [0.1, 0.15) is 10.7 Å². The zero-order valence-corrected chi connectivity index (χ0v) is 16.2. The highest BCUT2D eigenvalue weighted by atomic mass is 32.1. The zero-order chi connectivity index (χ0) is 18.6. The number of nitrogens with zero attached hydrogens (tertiary/aromatic N) is 3. The van der Waals surface area contributed by atoms with Crippen molar-refractivity contribution in [2.45, 2.75) is 58.4 Å². The summed E-state index contributed by atoms with van der Waals surface area (Å²) in [7, 11) is 0. The van der Waals surface area contributed by atoms with Crippen LogP contribution in [0.1, 0.15) is 65.3 Å². The van der Waals surface area contributed by atoms with Crippen molar-refractivity contribution in [1.29, 1.82) is 0 Å². The molecule has 2 unspecified atom stereocenters. The number of piperidine rings is 1. The molecule has 2 atom stereocenters. The van der Waals surface area contributed by atoms with E-state index in [1.54, 1.807) is 4.90 Å². The van der Waals surface area contributed by atoms with Crippen LogP contribution in [0.3, 0.4) is 0 Å². The van der Waals surface area contributed by atoms with Gasteiger partial charge in [0.05, 0.1) is 16.5 Å². The molecule has 2 N–H and O–H groups in total. The number of amides is 2. The smallest absolute Gasteiger partial charge is 0.264 e. The number of carbonyl (C=O) groups is 2. The van der Waals surface area contributed by atoms with Gasteiger partial charge in [0, 0.05) is 23.9 Å². The molecular formula is C19H24N4O2S. The van der Waals surface area contributed by atoms with Gasteiger partial charge in [0.25, 0.3) is 5.91 Å². The number of fused-ring (bicyclic) bond motifs is 1. The molecule has 1 aliphatic carbocycles. The maximum absolute atomic E-state index is 13.2. The Labute approximate surface area is 156 Å². The van der Waals surface area contributed by atoms with Crippen molar-refractivity contribution in [3.8, 4) is 0 Å². The summed E-state index contributed by atoms with van der Waals surface area (Å²) >= 11 is 1.45. The highest BCUT2D eigenvalue weighted by Gasteiger charge is 2.34. The third kappa shape index (κ3) is 2.88. The minimum absolute atomic E-state index is 0.0173. The second-order valence-electron chi connectivity index (χ2n) is 7.66. The summed E-state index contributed by atoms with van der Waals surface area (Å²) in [4.78, 5) is 37.7. The number of carbonyl (C=O) groups excluding carboxylic acids is 2. The van der Waals surface area contributed by atoms with E-state index in [0.29, 0.717) is 17.3 Å². The van der Waals surface area contributed by atoms with Gasteiger partial charge in [-0.15, -0.1) is 11.3 Å². The van der Waals surface area contributed by atoms with E-state index in [4.69, 9.17) is 10.7 Å². The summed E-state index contributed by atoms with van der Waals surface area (Å²) in [6.45, 7) is 6.41. The van der Waals surface area contributed by atoms with Crippen LogP contribution in [-0.2, 0) is 4.79 Å². The Morgan fingerprint density at radius 2 is 1.88 bits per heavy atom. The normalized spacial score (nSPS) is 23.4. The van der Waals surface area contributed by atoms with Crippen LogP contribution in [0.4, 0.5) is 0 Å². The minimum atomic E-state index is -0.321. The van der Waals surface area contributed by atoms with Crippen molar-refractivity contribution in [1.82, 2.24) is 14.9 Å². The molecule has 1 saturated carbocycles. The van der Waals surface area contributed by atoms with Crippen LogP contribution in [0.25, 0.3) is 10.2 Å². The van der Waals surface area contributed by atoms with Gasteiger partial charge in [-0.25, -0.2) is 9.97 Å². The maximum Gasteiger partial charge on any atom is 0.264 e. The molecule has 0 radical (unpaired) electrons. The second kappa shape index (κ2) is 6.30. The fourth-order valence-electron chi connectivity index (χ4n) is 3.84. The number of rotatable bonds is 3. The summed E-state index contributed by atoms with van der Waals surface area (Å²) in [6, 6.07) is 0.108. The molecule has 0 spiro atoms. The predicted molar refractivity (Wildman–Crippen MR) is 101 cm³/mol. The number of aromatic nitrogens is 2. The van der Waals surface area contributed by atoms with Crippen molar-refractivity contribution in [3.05, 3.63) is 22.0 Å². The minimum Gasteiger partial charge on any atom is -0.369 e. The molecule has 2 aromatic rings. The van der Waals surface area contributed by atoms with Gasteiger partial charge in [-0.1, -0.05) is 0 Å². The fraction of sp³-hybridized carbons (Fsp3) is 0.579. The van der Waals surface area contributed by atoms with Gasteiger partial charge in [-0.05, 0) is 52.0 Å². The number of thiophene rings is 1. The Bertz CT molecular complexity index is 903. The van der Waals surface area contributed by atoms with Crippen LogP contribution in [0.15, 0.2) is 0 Å². The highest BCUT2D eigenvalue weighted by Crippen LogP contribution is 2.40. The molecule has 1 saturated heterocycles. The first-order chi connectivity index (χ1) is 12.4. The molecule has 2 aliphatic rings. The van der Waals surface area contributed by atoms with E-state index in [2.05, 4.69) is 4.98 Å². The number of aryl methyl sites for hydroxylation is 2. The van der Waals surface area contributed by atoms with Crippen molar-refractivity contribution >= 4 is 33.4 Å². The Morgan fingerprint density at radius 1 is 1.15 bits per heavy atom. The zero-order valence-electron chi connectivity index (χ0n) is 15.4. The number of primary amides is 1. The van der Waals surface area contributed by atoms with Crippen LogP contribution in [0.5, 0.6) is 0 Å². The van der Waals surface area contributed by atoms with Crippen molar-refractivity contribution < 1.29 is 9.59 Å². The molecule has 2 aromatic heterocycles. The van der Waals surface area contributed by atoms with Gasteiger partial charge in [-0.2, -0.15) is 0 Å². The second-order valence-corrected chi connectivity index (χ2v) is 8.66. The molecule has 2 fully saturated rings. The average Bonchev–Trinajstić information content (AvgIpc) is 3.38. The lowest BCUT2D eigenvalue weighted by molar-refractivity contribution is -0.123. The maximum atomic E-state index is 13.2. The van der Waals surface area contributed by atoms with Gasteiger partial charge in [0.2, 0.25) is 5.91 Å². The molecule has 0 aromatic carbocycles. The third-order valence-electron chi connectivity index (χ3n) is 5.67. The summed E-state index contributed by atoms with van der Waals surface area (Å²) in [5, 5.41) is 0.999. The van der Waals surface area contributed by atoms with E-state index in [0.717, 1.165) is 53.0 Å². The summed E-state index contributed by atoms with van der Waals surface area (Å²) in [5.74, 6) is 0.802. The molecule has 1 aliphatic heterocycles. The number of likely N-dealkylation sites (tertiary alicyclic amines) is 1. The lowest BCUT2D eigenvalue weighted by Gasteiger charge is -2.36. The SMILES string of the molecule is Cc1nc(C2CC2)nc2sc(C(=O)N3CC(C(N)=O)CCC3C)c(C)c12. The summed E-state index contributed by atoms with van der Waals surface area (Å²) < 4.78 is 0. The van der Waals surface area contributed by atoms with E-state index >= 15 is 0 Å². The Balaban J connectivity index is 1.71. The van der Waals surface area contributed by atoms with E-state index < -0.39 is 0 Å². The quantitative estimate of drug-likeness (QED) is 0.897. The van der Waals surface area contributed by atoms with Gasteiger partial charge >= 0.3 is 0 Å². The molecule has 2 amide bonds. The fourth-order valence-corrected chi connectivity index (χ4v) is 5.04. The van der Waals surface area contributed by atoms with E-state index in [1.807, 2.05) is 20.8 Å². The monoisotopic (exact) mass is 372 g/mol.